The van der Waals surface area contributed by atoms with Crippen molar-refractivity contribution >= 4 is 17.4 Å². The Morgan fingerprint density at radius 3 is 2.95 bits per heavy atom. The average Bonchev–Trinajstić information content (AvgIpc) is 2.81. The van der Waals surface area contributed by atoms with Crippen LogP contribution < -0.4 is 10.6 Å². The van der Waals surface area contributed by atoms with E-state index in [1.165, 1.54) is 19.3 Å². The van der Waals surface area contributed by atoms with E-state index in [1.807, 2.05) is 13.8 Å². The highest BCUT2D eigenvalue weighted by molar-refractivity contribution is 7.09. The highest BCUT2D eigenvalue weighted by Gasteiger charge is 2.59. The number of aromatic nitrogens is 1. The quantitative estimate of drug-likeness (QED) is 0.846. The molecule has 2 atom stereocenters. The molecule has 22 heavy (non-hydrogen) atoms. The number of carbonyl (C=O) groups is 1. The Bertz CT molecular complexity index is 527. The topological polar surface area (TPSA) is 63.2 Å². The number of ether oxygens (including phenoxy) is 1. The van der Waals surface area contributed by atoms with Gasteiger partial charge in [0.25, 0.3) is 0 Å². The first-order valence-electron chi connectivity index (χ1n) is 8.21. The molecule has 1 aromatic heterocycles. The Kier molecular flexibility index (Phi) is 4.68. The Morgan fingerprint density at radius 1 is 1.55 bits per heavy atom. The molecule has 2 fully saturated rings. The fourth-order valence-electron chi connectivity index (χ4n) is 3.68. The van der Waals surface area contributed by atoms with Crippen molar-refractivity contribution in [2.75, 3.05) is 13.2 Å². The summed E-state index contributed by atoms with van der Waals surface area (Å²) in [6.07, 6.45) is 5.70. The second kappa shape index (κ2) is 6.54. The Balaban J connectivity index is 1.41. The van der Waals surface area contributed by atoms with E-state index in [0.29, 0.717) is 12.6 Å². The Hall–Kier alpha value is -1.14. The van der Waals surface area contributed by atoms with Crippen molar-refractivity contribution in [2.24, 2.45) is 5.41 Å². The maximum atomic E-state index is 12.1. The molecule has 0 unspecified atom stereocenters. The summed E-state index contributed by atoms with van der Waals surface area (Å²) >= 11 is 1.65. The van der Waals surface area contributed by atoms with Crippen molar-refractivity contribution in [1.82, 2.24) is 15.6 Å². The molecule has 2 N–H and O–H groups in total. The number of hydrogen-bond acceptors (Lipinski definition) is 4. The zero-order valence-corrected chi connectivity index (χ0v) is 14.2. The van der Waals surface area contributed by atoms with Crippen LogP contribution in [0.15, 0.2) is 5.38 Å². The minimum absolute atomic E-state index is 0.0572. The molecule has 2 amide bonds. The van der Waals surface area contributed by atoms with Crippen LogP contribution in [0.2, 0.25) is 0 Å². The van der Waals surface area contributed by atoms with Crippen molar-refractivity contribution in [3.8, 4) is 0 Å². The third-order valence-corrected chi connectivity index (χ3v) is 5.90. The standard InChI is InChI=1S/C16H25N3O2S/c1-3-21-14-9-13(16(14)6-4-7-16)19-15(20)17-8-5-12-10-22-11(2)18-12/h10,13-14H,3-9H2,1-2H3,(H2,17,19,20)/t13-,14-/m1/s1. The lowest BCUT2D eigenvalue weighted by Gasteiger charge is -2.60. The van der Waals surface area contributed by atoms with Crippen molar-refractivity contribution in [2.45, 2.75) is 58.1 Å². The van der Waals surface area contributed by atoms with Gasteiger partial charge >= 0.3 is 6.03 Å². The van der Waals surface area contributed by atoms with Crippen LogP contribution in [0, 0.1) is 12.3 Å². The molecule has 0 saturated heterocycles. The number of urea groups is 1. The molecule has 1 aromatic rings. The number of thiazole rings is 1. The number of hydrogen-bond donors (Lipinski definition) is 2. The SMILES string of the molecule is CCO[C@@H]1C[C@@H](NC(=O)NCCc2csc(C)n2)C12CCC2. The minimum Gasteiger partial charge on any atom is -0.378 e. The van der Waals surface area contributed by atoms with Gasteiger partial charge < -0.3 is 15.4 Å². The summed E-state index contributed by atoms with van der Waals surface area (Å²) in [6, 6.07) is 0.220. The summed E-state index contributed by atoms with van der Waals surface area (Å²) in [6.45, 7) is 5.43. The first-order chi connectivity index (χ1) is 10.6. The smallest absolute Gasteiger partial charge is 0.315 e. The number of nitrogens with zero attached hydrogens (tertiary/aromatic N) is 1. The molecule has 122 valence electrons. The van der Waals surface area contributed by atoms with Gasteiger partial charge in [0.05, 0.1) is 16.8 Å². The van der Waals surface area contributed by atoms with Gasteiger partial charge in [-0.1, -0.05) is 6.42 Å². The van der Waals surface area contributed by atoms with Crippen LogP contribution in [0.5, 0.6) is 0 Å². The van der Waals surface area contributed by atoms with Gasteiger partial charge in [-0.3, -0.25) is 0 Å². The normalized spacial score (nSPS) is 25.4. The zero-order chi connectivity index (χ0) is 15.6. The fourth-order valence-corrected chi connectivity index (χ4v) is 4.32. The van der Waals surface area contributed by atoms with Gasteiger partial charge in [0, 0.05) is 36.4 Å². The van der Waals surface area contributed by atoms with Gasteiger partial charge in [0.15, 0.2) is 0 Å². The summed E-state index contributed by atoms with van der Waals surface area (Å²) in [5.74, 6) is 0. The molecule has 2 aliphatic rings. The van der Waals surface area contributed by atoms with E-state index >= 15 is 0 Å². The maximum absolute atomic E-state index is 12.1. The summed E-state index contributed by atoms with van der Waals surface area (Å²) in [4.78, 5) is 16.5. The number of aryl methyl sites for hydroxylation is 1. The van der Waals surface area contributed by atoms with Crippen LogP contribution in [0.25, 0.3) is 0 Å². The second-order valence-electron chi connectivity index (χ2n) is 6.33. The van der Waals surface area contributed by atoms with Crippen LogP contribution >= 0.6 is 11.3 Å². The molecule has 0 radical (unpaired) electrons. The molecule has 6 heteroatoms. The van der Waals surface area contributed by atoms with Crippen molar-refractivity contribution in [3.05, 3.63) is 16.1 Å². The van der Waals surface area contributed by atoms with E-state index in [-0.39, 0.29) is 17.5 Å². The molecule has 2 saturated carbocycles. The third kappa shape index (κ3) is 2.99. The lowest BCUT2D eigenvalue weighted by atomic mass is 9.51. The molecule has 0 aromatic carbocycles. The highest BCUT2D eigenvalue weighted by Crippen LogP contribution is 2.57. The van der Waals surface area contributed by atoms with E-state index in [2.05, 4.69) is 21.0 Å². The van der Waals surface area contributed by atoms with Crippen molar-refractivity contribution in [3.63, 3.8) is 0 Å². The zero-order valence-electron chi connectivity index (χ0n) is 13.4. The largest absolute Gasteiger partial charge is 0.378 e. The Morgan fingerprint density at radius 2 is 2.36 bits per heavy atom. The van der Waals surface area contributed by atoms with Gasteiger partial charge in [-0.25, -0.2) is 9.78 Å². The van der Waals surface area contributed by atoms with Crippen LogP contribution in [0.1, 0.15) is 43.3 Å². The van der Waals surface area contributed by atoms with E-state index < -0.39 is 0 Å². The van der Waals surface area contributed by atoms with E-state index in [9.17, 15) is 4.79 Å². The molecule has 0 bridgehead atoms. The molecule has 3 rings (SSSR count). The molecule has 0 aliphatic heterocycles. The van der Waals surface area contributed by atoms with Gasteiger partial charge in [-0.05, 0) is 33.1 Å². The number of nitrogens with one attached hydrogen (secondary N) is 2. The van der Waals surface area contributed by atoms with Crippen molar-refractivity contribution < 1.29 is 9.53 Å². The van der Waals surface area contributed by atoms with Crippen LogP contribution in [0.3, 0.4) is 0 Å². The van der Waals surface area contributed by atoms with Gasteiger partial charge in [-0.15, -0.1) is 11.3 Å². The van der Waals surface area contributed by atoms with Gasteiger partial charge in [0.1, 0.15) is 0 Å². The number of carbonyl (C=O) groups excluding carboxylic acids is 1. The minimum atomic E-state index is -0.0572. The second-order valence-corrected chi connectivity index (χ2v) is 7.39. The van der Waals surface area contributed by atoms with Crippen LogP contribution in [-0.4, -0.2) is 36.3 Å². The first kappa shape index (κ1) is 15.7. The monoisotopic (exact) mass is 323 g/mol. The summed E-state index contributed by atoms with van der Waals surface area (Å²) in [5.41, 5.74) is 1.28. The molecule has 5 nitrogen and oxygen atoms in total. The predicted molar refractivity (Wildman–Crippen MR) is 87.2 cm³/mol. The summed E-state index contributed by atoms with van der Waals surface area (Å²) in [7, 11) is 0. The fraction of sp³-hybridized carbons (Fsp3) is 0.750. The van der Waals surface area contributed by atoms with E-state index in [0.717, 1.165) is 30.2 Å². The third-order valence-electron chi connectivity index (χ3n) is 5.08. The first-order valence-corrected chi connectivity index (χ1v) is 9.09. The number of amides is 2. The lowest BCUT2D eigenvalue weighted by Crippen LogP contribution is -2.68. The van der Waals surface area contributed by atoms with E-state index in [1.54, 1.807) is 11.3 Å². The van der Waals surface area contributed by atoms with Crippen LogP contribution in [-0.2, 0) is 11.2 Å². The highest BCUT2D eigenvalue weighted by atomic mass is 32.1. The van der Waals surface area contributed by atoms with Gasteiger partial charge in [-0.2, -0.15) is 0 Å². The molecular formula is C16H25N3O2S. The molecule has 1 spiro atoms. The molecule has 1 heterocycles. The maximum Gasteiger partial charge on any atom is 0.315 e. The predicted octanol–water partition coefficient (Wildman–Crippen LogP) is 2.64. The van der Waals surface area contributed by atoms with Crippen LogP contribution in [0.4, 0.5) is 4.79 Å². The van der Waals surface area contributed by atoms with E-state index in [4.69, 9.17) is 4.74 Å². The molecular weight excluding hydrogens is 298 g/mol. The number of rotatable bonds is 6. The summed E-state index contributed by atoms with van der Waals surface area (Å²) in [5, 5.41) is 9.21. The summed E-state index contributed by atoms with van der Waals surface area (Å²) < 4.78 is 5.81. The average molecular weight is 323 g/mol. The molecule has 2 aliphatic carbocycles. The van der Waals surface area contributed by atoms with Crippen molar-refractivity contribution in [1.29, 1.82) is 0 Å². The Labute approximate surface area is 135 Å². The lowest BCUT2D eigenvalue weighted by molar-refractivity contribution is -0.169. The van der Waals surface area contributed by atoms with Gasteiger partial charge in [0.2, 0.25) is 0 Å².